The van der Waals surface area contributed by atoms with Gasteiger partial charge in [-0.2, -0.15) is 0 Å². The molecule has 1 unspecified atom stereocenters. The SMILES string of the molecule is CCCc1ccc(S(=O)(=O)NC(=O)C(Cc2cccc(OC)c2)c2ccc3c(c2)OCO3)cc1.[K]. The molecule has 1 radical (unpaired) electrons. The Bertz CT molecular complexity index is 1280. The Morgan fingerprint density at radius 3 is 2.46 bits per heavy atom. The number of amides is 1. The average molecular weight is 521 g/mol. The van der Waals surface area contributed by atoms with E-state index in [0.717, 1.165) is 24.0 Å². The zero-order valence-electron chi connectivity index (χ0n) is 20.1. The van der Waals surface area contributed by atoms with E-state index in [1.54, 1.807) is 37.4 Å². The summed E-state index contributed by atoms with van der Waals surface area (Å²) in [5.74, 6) is 0.358. The van der Waals surface area contributed by atoms with Gasteiger partial charge in [0.25, 0.3) is 10.0 Å². The molecule has 179 valence electrons. The monoisotopic (exact) mass is 520 g/mol. The molecule has 1 amide bonds. The van der Waals surface area contributed by atoms with Gasteiger partial charge in [0.2, 0.25) is 12.7 Å². The topological polar surface area (TPSA) is 90.9 Å². The number of ether oxygens (including phenoxy) is 3. The largest absolute Gasteiger partial charge is 0.497 e. The maximum atomic E-state index is 13.4. The third-order valence-corrected chi connectivity index (χ3v) is 7.06. The van der Waals surface area contributed by atoms with E-state index in [0.29, 0.717) is 22.8 Å². The molecule has 0 fully saturated rings. The summed E-state index contributed by atoms with van der Waals surface area (Å²) >= 11 is 0. The molecule has 35 heavy (non-hydrogen) atoms. The molecule has 1 atom stereocenters. The minimum atomic E-state index is -4.04. The molecule has 1 heterocycles. The van der Waals surface area contributed by atoms with Gasteiger partial charge in [-0.3, -0.25) is 4.79 Å². The molecule has 0 aromatic heterocycles. The van der Waals surface area contributed by atoms with Crippen molar-refractivity contribution in [3.05, 3.63) is 83.4 Å². The number of hydrogen-bond acceptors (Lipinski definition) is 6. The second-order valence-corrected chi connectivity index (χ2v) is 9.77. The van der Waals surface area contributed by atoms with Crippen LogP contribution in [0.1, 0.15) is 36.0 Å². The molecule has 1 aliphatic rings. The van der Waals surface area contributed by atoms with E-state index in [1.165, 1.54) is 12.1 Å². The summed E-state index contributed by atoms with van der Waals surface area (Å²) in [5, 5.41) is 0. The number of nitrogens with one attached hydrogen (secondary N) is 1. The van der Waals surface area contributed by atoms with Gasteiger partial charge >= 0.3 is 0 Å². The van der Waals surface area contributed by atoms with E-state index in [9.17, 15) is 13.2 Å². The van der Waals surface area contributed by atoms with Crippen LogP contribution in [-0.4, -0.2) is 79.6 Å². The summed E-state index contributed by atoms with van der Waals surface area (Å²) in [4.78, 5) is 13.4. The van der Waals surface area contributed by atoms with Crippen LogP contribution in [0.2, 0.25) is 0 Å². The van der Waals surface area contributed by atoms with E-state index >= 15 is 0 Å². The van der Waals surface area contributed by atoms with Gasteiger partial charge in [0.15, 0.2) is 11.5 Å². The Kier molecular flexibility index (Phi) is 9.80. The summed E-state index contributed by atoms with van der Waals surface area (Å²) in [7, 11) is -2.47. The fourth-order valence-electron chi connectivity index (χ4n) is 3.91. The number of aryl methyl sites for hydroxylation is 1. The van der Waals surface area contributed by atoms with Crippen molar-refractivity contribution in [2.75, 3.05) is 13.9 Å². The summed E-state index contributed by atoms with van der Waals surface area (Å²) in [6, 6.07) is 19.1. The Labute approximate surface area is 248 Å². The van der Waals surface area contributed by atoms with Gasteiger partial charge in [0, 0.05) is 51.4 Å². The van der Waals surface area contributed by atoms with Crippen LogP contribution in [0.25, 0.3) is 0 Å². The van der Waals surface area contributed by atoms with Gasteiger partial charge in [-0.05, 0) is 65.9 Å². The third kappa shape index (κ3) is 6.87. The van der Waals surface area contributed by atoms with Crippen molar-refractivity contribution >= 4 is 67.3 Å². The molecule has 1 N–H and O–H groups in total. The van der Waals surface area contributed by atoms with Gasteiger partial charge in [-0.15, -0.1) is 0 Å². The van der Waals surface area contributed by atoms with Crippen LogP contribution in [0.3, 0.4) is 0 Å². The van der Waals surface area contributed by atoms with Crippen LogP contribution < -0.4 is 18.9 Å². The predicted octanol–water partition coefficient (Wildman–Crippen LogP) is 3.83. The first kappa shape index (κ1) is 27.7. The van der Waals surface area contributed by atoms with Crippen LogP contribution >= 0.6 is 0 Å². The van der Waals surface area contributed by atoms with Crippen molar-refractivity contribution in [2.24, 2.45) is 0 Å². The predicted molar refractivity (Wildman–Crippen MR) is 134 cm³/mol. The molecule has 9 heteroatoms. The van der Waals surface area contributed by atoms with Crippen molar-refractivity contribution in [1.29, 1.82) is 0 Å². The standard InChI is InChI=1S/C26H27NO6S.K/c1-3-5-18-8-11-22(12-9-18)34(29,30)27-26(28)23(15-19-6-4-7-21(14-19)31-2)20-10-13-24-25(16-20)33-17-32-24;/h4,6-14,16,23H,3,5,15,17H2,1-2H3,(H,27,28);. The number of sulfonamides is 1. The number of rotatable bonds is 9. The van der Waals surface area contributed by atoms with E-state index < -0.39 is 21.8 Å². The first-order valence-corrected chi connectivity index (χ1v) is 12.6. The summed E-state index contributed by atoms with van der Waals surface area (Å²) in [5.41, 5.74) is 2.50. The smallest absolute Gasteiger partial charge is 0.264 e. The fourth-order valence-corrected chi connectivity index (χ4v) is 4.93. The minimum Gasteiger partial charge on any atom is -0.497 e. The Hall–Kier alpha value is -1.88. The normalized spacial score (nSPS) is 13.0. The van der Waals surface area contributed by atoms with Crippen molar-refractivity contribution in [1.82, 2.24) is 4.72 Å². The van der Waals surface area contributed by atoms with Crippen LogP contribution in [0.15, 0.2) is 71.6 Å². The number of hydrogen-bond donors (Lipinski definition) is 1. The number of benzene rings is 3. The summed E-state index contributed by atoms with van der Waals surface area (Å²) in [6.07, 6.45) is 2.09. The van der Waals surface area contributed by atoms with Gasteiger partial charge in [-0.25, -0.2) is 13.1 Å². The molecule has 0 aliphatic carbocycles. The summed E-state index contributed by atoms with van der Waals surface area (Å²) < 4.78 is 44.4. The molecule has 3 aromatic rings. The Morgan fingerprint density at radius 2 is 1.74 bits per heavy atom. The van der Waals surface area contributed by atoms with Crippen LogP contribution in [0, 0.1) is 0 Å². The maximum Gasteiger partial charge on any atom is 0.264 e. The van der Waals surface area contributed by atoms with E-state index in [2.05, 4.69) is 11.6 Å². The molecule has 3 aromatic carbocycles. The van der Waals surface area contributed by atoms with Crippen molar-refractivity contribution in [2.45, 2.75) is 37.0 Å². The van der Waals surface area contributed by atoms with Gasteiger partial charge in [0.05, 0.1) is 17.9 Å². The van der Waals surface area contributed by atoms with Crippen LogP contribution in [-0.2, 0) is 27.7 Å². The molecule has 0 saturated carbocycles. The number of methoxy groups -OCH3 is 1. The molecule has 1 aliphatic heterocycles. The van der Waals surface area contributed by atoms with E-state index in [4.69, 9.17) is 14.2 Å². The van der Waals surface area contributed by atoms with Gasteiger partial charge in [0.1, 0.15) is 5.75 Å². The Balaban J connectivity index is 0.00000342. The van der Waals surface area contributed by atoms with E-state index in [1.807, 2.05) is 24.3 Å². The molecular weight excluding hydrogens is 493 g/mol. The quantitative estimate of drug-likeness (QED) is 0.432. The number of carbonyl (C=O) groups excluding carboxylic acids is 1. The number of carbonyl (C=O) groups is 1. The molecule has 7 nitrogen and oxygen atoms in total. The molecule has 0 spiro atoms. The fraction of sp³-hybridized carbons (Fsp3) is 0.269. The Morgan fingerprint density at radius 1 is 1.00 bits per heavy atom. The minimum absolute atomic E-state index is 0. The first-order chi connectivity index (χ1) is 16.4. The van der Waals surface area contributed by atoms with Crippen molar-refractivity contribution in [3.8, 4) is 17.2 Å². The zero-order chi connectivity index (χ0) is 24.1. The average Bonchev–Trinajstić information content (AvgIpc) is 3.31. The second kappa shape index (κ2) is 12.4. The summed E-state index contributed by atoms with van der Waals surface area (Å²) in [6.45, 7) is 2.16. The van der Waals surface area contributed by atoms with Crippen LogP contribution in [0.4, 0.5) is 0 Å². The first-order valence-electron chi connectivity index (χ1n) is 11.1. The zero-order valence-corrected chi connectivity index (χ0v) is 24.1. The maximum absolute atomic E-state index is 13.4. The van der Waals surface area contributed by atoms with Gasteiger partial charge in [-0.1, -0.05) is 43.7 Å². The number of fused-ring (bicyclic) bond motifs is 1. The third-order valence-electron chi connectivity index (χ3n) is 5.70. The van der Waals surface area contributed by atoms with Crippen molar-refractivity contribution < 1.29 is 27.4 Å². The van der Waals surface area contributed by atoms with E-state index in [-0.39, 0.29) is 69.5 Å². The molecule has 0 bridgehead atoms. The van der Waals surface area contributed by atoms with Gasteiger partial charge < -0.3 is 14.2 Å². The second-order valence-electron chi connectivity index (χ2n) is 8.08. The van der Waals surface area contributed by atoms with Crippen LogP contribution in [0.5, 0.6) is 17.2 Å². The van der Waals surface area contributed by atoms with Crippen molar-refractivity contribution in [3.63, 3.8) is 0 Å². The molecule has 4 rings (SSSR count). The molecular formula is C26H27KNO6S. The molecule has 0 saturated heterocycles.